The van der Waals surface area contributed by atoms with Gasteiger partial charge in [-0.1, -0.05) is 0 Å². The summed E-state index contributed by atoms with van der Waals surface area (Å²) in [7, 11) is 0. The number of aromatic carboxylic acids is 1. The number of anilines is 3. The first-order chi connectivity index (χ1) is 9.54. The highest BCUT2D eigenvalue weighted by Crippen LogP contribution is 2.17. The first kappa shape index (κ1) is 13.5. The van der Waals surface area contributed by atoms with E-state index >= 15 is 0 Å². The zero-order chi connectivity index (χ0) is 14.5. The molecule has 20 heavy (non-hydrogen) atoms. The quantitative estimate of drug-likeness (QED) is 0.785. The number of carboxylic acid groups (broad SMARTS) is 1. The SMILES string of the molecule is CC(=O)Nc1ccc(Nc2ccc(C(=O)O)nn2)cc1. The molecule has 0 bridgehead atoms. The molecule has 3 N–H and O–H groups in total. The van der Waals surface area contributed by atoms with Crippen LogP contribution in [0.1, 0.15) is 17.4 Å². The fourth-order valence-corrected chi connectivity index (χ4v) is 1.50. The van der Waals surface area contributed by atoms with Gasteiger partial charge in [0.1, 0.15) is 0 Å². The third-order valence-electron chi connectivity index (χ3n) is 2.36. The van der Waals surface area contributed by atoms with Crippen LogP contribution in [0.3, 0.4) is 0 Å². The fourth-order valence-electron chi connectivity index (χ4n) is 1.50. The van der Waals surface area contributed by atoms with Crippen LogP contribution >= 0.6 is 0 Å². The van der Waals surface area contributed by atoms with Gasteiger partial charge in [-0.05, 0) is 36.4 Å². The summed E-state index contributed by atoms with van der Waals surface area (Å²) in [6.07, 6.45) is 0. The molecule has 0 aliphatic rings. The molecule has 0 spiro atoms. The summed E-state index contributed by atoms with van der Waals surface area (Å²) in [6.45, 7) is 1.44. The van der Waals surface area contributed by atoms with Gasteiger partial charge >= 0.3 is 5.97 Å². The lowest BCUT2D eigenvalue weighted by Crippen LogP contribution is -2.05. The minimum absolute atomic E-state index is 0.114. The van der Waals surface area contributed by atoms with Crippen LogP contribution in [0.5, 0.6) is 0 Å². The second kappa shape index (κ2) is 5.79. The Labute approximate surface area is 114 Å². The fraction of sp³-hybridized carbons (Fsp3) is 0.0769. The van der Waals surface area contributed by atoms with Crippen LogP contribution in [0.4, 0.5) is 17.2 Å². The van der Waals surface area contributed by atoms with Crippen molar-refractivity contribution in [1.29, 1.82) is 0 Å². The molecule has 1 aromatic heterocycles. The minimum atomic E-state index is -1.12. The Morgan fingerprint density at radius 3 is 2.15 bits per heavy atom. The highest BCUT2D eigenvalue weighted by atomic mass is 16.4. The maximum atomic E-state index is 10.9. The van der Waals surface area contributed by atoms with Crippen molar-refractivity contribution in [3.63, 3.8) is 0 Å². The van der Waals surface area contributed by atoms with Crippen LogP contribution in [-0.4, -0.2) is 27.2 Å². The average molecular weight is 272 g/mol. The lowest BCUT2D eigenvalue weighted by atomic mass is 10.2. The molecule has 1 aromatic carbocycles. The van der Waals surface area contributed by atoms with E-state index in [1.54, 1.807) is 24.3 Å². The van der Waals surface area contributed by atoms with Crippen LogP contribution in [0.15, 0.2) is 36.4 Å². The zero-order valence-corrected chi connectivity index (χ0v) is 10.6. The van der Waals surface area contributed by atoms with Gasteiger partial charge in [-0.2, -0.15) is 0 Å². The summed E-state index contributed by atoms with van der Waals surface area (Å²) in [5.41, 5.74) is 1.32. The Hall–Kier alpha value is -2.96. The van der Waals surface area contributed by atoms with Gasteiger partial charge in [0.2, 0.25) is 5.91 Å². The molecule has 1 heterocycles. The van der Waals surface area contributed by atoms with Crippen LogP contribution in [-0.2, 0) is 4.79 Å². The van der Waals surface area contributed by atoms with Crippen molar-refractivity contribution in [2.24, 2.45) is 0 Å². The van der Waals surface area contributed by atoms with Crippen molar-refractivity contribution >= 4 is 29.1 Å². The van der Waals surface area contributed by atoms with Crippen LogP contribution in [0, 0.1) is 0 Å². The van der Waals surface area contributed by atoms with Crippen LogP contribution < -0.4 is 10.6 Å². The van der Waals surface area contributed by atoms with E-state index in [2.05, 4.69) is 20.8 Å². The molecule has 0 atom stereocenters. The Kier molecular flexibility index (Phi) is 3.90. The van der Waals surface area contributed by atoms with E-state index in [9.17, 15) is 9.59 Å². The van der Waals surface area contributed by atoms with E-state index in [0.717, 1.165) is 5.69 Å². The third kappa shape index (κ3) is 3.52. The Bertz CT molecular complexity index is 623. The number of hydrogen-bond acceptors (Lipinski definition) is 5. The van der Waals surface area contributed by atoms with E-state index in [1.807, 2.05) is 0 Å². The number of benzene rings is 1. The molecule has 102 valence electrons. The Morgan fingerprint density at radius 1 is 1.00 bits per heavy atom. The predicted molar refractivity (Wildman–Crippen MR) is 73.0 cm³/mol. The van der Waals surface area contributed by atoms with E-state index in [-0.39, 0.29) is 11.6 Å². The summed E-state index contributed by atoms with van der Waals surface area (Å²) in [5, 5.41) is 21.7. The van der Waals surface area contributed by atoms with E-state index in [1.165, 1.54) is 19.1 Å². The molecule has 2 rings (SSSR count). The summed E-state index contributed by atoms with van der Waals surface area (Å²) in [4.78, 5) is 21.5. The highest BCUT2D eigenvalue weighted by molar-refractivity contribution is 5.88. The predicted octanol–water partition coefficient (Wildman–Crippen LogP) is 1.88. The highest BCUT2D eigenvalue weighted by Gasteiger charge is 2.05. The van der Waals surface area contributed by atoms with Crippen molar-refractivity contribution in [2.45, 2.75) is 6.92 Å². The molecular formula is C13H12N4O3. The molecule has 7 nitrogen and oxygen atoms in total. The number of nitrogens with zero attached hydrogens (tertiary/aromatic N) is 2. The van der Waals surface area contributed by atoms with Gasteiger partial charge in [-0.25, -0.2) is 4.79 Å². The minimum Gasteiger partial charge on any atom is -0.476 e. The van der Waals surface area contributed by atoms with Gasteiger partial charge in [-0.3, -0.25) is 4.79 Å². The molecule has 0 unspecified atom stereocenters. The second-order valence-corrected chi connectivity index (χ2v) is 3.99. The molecule has 0 radical (unpaired) electrons. The topological polar surface area (TPSA) is 104 Å². The van der Waals surface area contributed by atoms with Gasteiger partial charge in [0.05, 0.1) is 0 Å². The summed E-state index contributed by atoms with van der Waals surface area (Å²) < 4.78 is 0. The number of amides is 1. The first-order valence-electron chi connectivity index (χ1n) is 5.76. The van der Waals surface area contributed by atoms with E-state index < -0.39 is 5.97 Å². The summed E-state index contributed by atoms with van der Waals surface area (Å²) in [6, 6.07) is 9.89. The van der Waals surface area contributed by atoms with Crippen molar-refractivity contribution in [2.75, 3.05) is 10.6 Å². The third-order valence-corrected chi connectivity index (χ3v) is 2.36. The number of hydrogen-bond donors (Lipinski definition) is 3. The molecule has 0 aliphatic heterocycles. The molecule has 0 aliphatic carbocycles. The van der Waals surface area contributed by atoms with Gasteiger partial charge < -0.3 is 15.7 Å². The number of carbonyl (C=O) groups is 2. The molecule has 0 saturated carbocycles. The molecule has 7 heteroatoms. The van der Waals surface area contributed by atoms with Gasteiger partial charge in [0.25, 0.3) is 0 Å². The maximum absolute atomic E-state index is 10.9. The maximum Gasteiger partial charge on any atom is 0.356 e. The largest absolute Gasteiger partial charge is 0.476 e. The molecule has 0 fully saturated rings. The van der Waals surface area contributed by atoms with E-state index in [0.29, 0.717) is 11.5 Å². The number of aromatic nitrogens is 2. The summed E-state index contributed by atoms with van der Waals surface area (Å²) in [5.74, 6) is -0.827. The van der Waals surface area contributed by atoms with Crippen molar-refractivity contribution in [3.8, 4) is 0 Å². The lowest BCUT2D eigenvalue weighted by molar-refractivity contribution is -0.114. The molecule has 2 aromatic rings. The molecule has 0 saturated heterocycles. The van der Waals surface area contributed by atoms with E-state index in [4.69, 9.17) is 5.11 Å². The average Bonchev–Trinajstić information content (AvgIpc) is 2.41. The number of nitrogens with one attached hydrogen (secondary N) is 2. The second-order valence-electron chi connectivity index (χ2n) is 3.99. The van der Waals surface area contributed by atoms with Gasteiger partial charge in [-0.15, -0.1) is 10.2 Å². The smallest absolute Gasteiger partial charge is 0.356 e. The monoisotopic (exact) mass is 272 g/mol. The lowest BCUT2D eigenvalue weighted by Gasteiger charge is -2.06. The Balaban J connectivity index is 2.06. The zero-order valence-electron chi connectivity index (χ0n) is 10.6. The van der Waals surface area contributed by atoms with Crippen LogP contribution in [0.2, 0.25) is 0 Å². The van der Waals surface area contributed by atoms with Gasteiger partial charge in [0, 0.05) is 18.3 Å². The number of carboxylic acids is 1. The van der Waals surface area contributed by atoms with Crippen molar-refractivity contribution in [3.05, 3.63) is 42.1 Å². The number of carbonyl (C=O) groups excluding carboxylic acids is 1. The van der Waals surface area contributed by atoms with Gasteiger partial charge in [0.15, 0.2) is 11.5 Å². The first-order valence-corrected chi connectivity index (χ1v) is 5.76. The van der Waals surface area contributed by atoms with Crippen molar-refractivity contribution in [1.82, 2.24) is 10.2 Å². The van der Waals surface area contributed by atoms with Crippen LogP contribution in [0.25, 0.3) is 0 Å². The normalized spacial score (nSPS) is 9.85. The number of rotatable bonds is 4. The Morgan fingerprint density at radius 2 is 1.65 bits per heavy atom. The van der Waals surface area contributed by atoms with Crippen molar-refractivity contribution < 1.29 is 14.7 Å². The molecular weight excluding hydrogens is 260 g/mol. The standard InChI is InChI=1S/C13H12N4O3/c1-8(18)14-9-2-4-10(5-3-9)15-12-7-6-11(13(19)20)16-17-12/h2-7H,1H3,(H,14,18)(H,15,17)(H,19,20). The molecule has 1 amide bonds. The summed E-state index contributed by atoms with van der Waals surface area (Å²) >= 11 is 0.